The maximum Gasteiger partial charge on any atom is 0.221 e. The van der Waals surface area contributed by atoms with E-state index in [-0.39, 0.29) is 11.7 Å². The van der Waals surface area contributed by atoms with E-state index >= 15 is 0 Å². The average molecular weight is 374 g/mol. The molecule has 2 N–H and O–H groups in total. The lowest BCUT2D eigenvalue weighted by molar-refractivity contribution is -0.121. The van der Waals surface area contributed by atoms with E-state index in [9.17, 15) is 9.90 Å². The fraction of sp³-hybridized carbons (Fsp3) is 0.350. The topological polar surface area (TPSA) is 55.8 Å². The molecule has 138 valence electrons. The fourth-order valence-corrected chi connectivity index (χ4v) is 3.28. The van der Waals surface area contributed by atoms with E-state index in [0.29, 0.717) is 18.0 Å². The summed E-state index contributed by atoms with van der Waals surface area (Å²) in [5.41, 5.74) is 2.06. The van der Waals surface area contributed by atoms with Gasteiger partial charge in [0, 0.05) is 56.4 Å². The van der Waals surface area contributed by atoms with Crippen LogP contribution in [0, 0.1) is 0 Å². The Bertz CT molecular complexity index is 728. The molecule has 0 spiro atoms. The van der Waals surface area contributed by atoms with Gasteiger partial charge in [-0.3, -0.25) is 9.69 Å². The summed E-state index contributed by atoms with van der Waals surface area (Å²) in [4.78, 5) is 16.7. The molecule has 26 heavy (non-hydrogen) atoms. The number of amides is 1. The van der Waals surface area contributed by atoms with Crippen LogP contribution in [0.5, 0.6) is 5.75 Å². The van der Waals surface area contributed by atoms with Gasteiger partial charge < -0.3 is 15.3 Å². The van der Waals surface area contributed by atoms with Crippen LogP contribution in [-0.2, 0) is 11.3 Å². The summed E-state index contributed by atoms with van der Waals surface area (Å²) >= 11 is 6.10. The van der Waals surface area contributed by atoms with Crippen LogP contribution in [0.3, 0.4) is 0 Å². The molecular formula is C20H24ClN3O2. The minimum atomic E-state index is 0.0471. The maximum atomic E-state index is 12.1. The van der Waals surface area contributed by atoms with Gasteiger partial charge in [-0.25, -0.2) is 0 Å². The van der Waals surface area contributed by atoms with Gasteiger partial charge in [-0.2, -0.15) is 0 Å². The van der Waals surface area contributed by atoms with Gasteiger partial charge in [0.2, 0.25) is 5.91 Å². The summed E-state index contributed by atoms with van der Waals surface area (Å²) in [5, 5.41) is 13.0. The fourth-order valence-electron chi connectivity index (χ4n) is 3.08. The van der Waals surface area contributed by atoms with Crippen LogP contribution in [0.15, 0.2) is 48.5 Å². The minimum Gasteiger partial charge on any atom is -0.508 e. The number of anilines is 1. The highest BCUT2D eigenvalue weighted by molar-refractivity contribution is 6.31. The van der Waals surface area contributed by atoms with Crippen molar-refractivity contribution in [1.29, 1.82) is 0 Å². The molecule has 1 saturated heterocycles. The molecule has 1 fully saturated rings. The van der Waals surface area contributed by atoms with Gasteiger partial charge in [-0.05, 0) is 35.9 Å². The number of carbonyl (C=O) groups is 1. The highest BCUT2D eigenvalue weighted by Crippen LogP contribution is 2.20. The number of phenols is 1. The first-order chi connectivity index (χ1) is 12.6. The number of carbonyl (C=O) groups excluding carboxylic acids is 1. The molecule has 2 aromatic carbocycles. The zero-order valence-electron chi connectivity index (χ0n) is 14.7. The van der Waals surface area contributed by atoms with Crippen molar-refractivity contribution in [2.24, 2.45) is 0 Å². The molecule has 0 radical (unpaired) electrons. The van der Waals surface area contributed by atoms with Gasteiger partial charge in [0.1, 0.15) is 5.75 Å². The quantitative estimate of drug-likeness (QED) is 0.817. The third-order valence-corrected chi connectivity index (χ3v) is 5.04. The van der Waals surface area contributed by atoms with Crippen LogP contribution < -0.4 is 10.2 Å². The normalized spacial score (nSPS) is 15.0. The number of benzene rings is 2. The SMILES string of the molecule is O=C(CCN1CCN(c2ccc(O)cc2)CC1)NCc1ccccc1Cl. The molecule has 3 rings (SSSR count). The van der Waals surface area contributed by atoms with Gasteiger partial charge in [0.15, 0.2) is 0 Å². The first-order valence-electron chi connectivity index (χ1n) is 8.88. The monoisotopic (exact) mass is 373 g/mol. The molecule has 2 aromatic rings. The summed E-state index contributed by atoms with van der Waals surface area (Å²) in [6, 6.07) is 14.9. The molecule has 0 atom stereocenters. The van der Waals surface area contributed by atoms with Crippen molar-refractivity contribution in [3.63, 3.8) is 0 Å². The zero-order chi connectivity index (χ0) is 18.4. The Labute approximate surface area is 159 Å². The molecule has 1 heterocycles. The first-order valence-corrected chi connectivity index (χ1v) is 9.26. The molecule has 6 heteroatoms. The van der Waals surface area contributed by atoms with Crippen LogP contribution >= 0.6 is 11.6 Å². The summed E-state index contributed by atoms with van der Waals surface area (Å²) in [6.07, 6.45) is 0.490. The number of aromatic hydroxyl groups is 1. The Hall–Kier alpha value is -2.24. The van der Waals surface area contributed by atoms with Crippen molar-refractivity contribution in [2.45, 2.75) is 13.0 Å². The molecule has 5 nitrogen and oxygen atoms in total. The summed E-state index contributed by atoms with van der Waals surface area (Å²) < 4.78 is 0. The number of hydrogen-bond donors (Lipinski definition) is 2. The van der Waals surface area contributed by atoms with Gasteiger partial charge in [0.25, 0.3) is 0 Å². The second kappa shape index (κ2) is 8.92. The standard InChI is InChI=1S/C20H24ClN3O2/c21-19-4-2-1-3-16(19)15-22-20(26)9-10-23-11-13-24(14-12-23)17-5-7-18(25)8-6-17/h1-8,25H,9-15H2,(H,22,26). The van der Waals surface area contributed by atoms with Crippen LogP contribution in [0.25, 0.3) is 0 Å². The predicted molar refractivity (Wildman–Crippen MR) is 105 cm³/mol. The van der Waals surface area contributed by atoms with E-state index in [1.54, 1.807) is 12.1 Å². The largest absolute Gasteiger partial charge is 0.508 e. The second-order valence-electron chi connectivity index (χ2n) is 6.46. The molecule has 0 aromatic heterocycles. The summed E-state index contributed by atoms with van der Waals surface area (Å²) in [5.74, 6) is 0.334. The molecule has 0 bridgehead atoms. The van der Waals surface area contributed by atoms with Crippen molar-refractivity contribution in [3.05, 3.63) is 59.1 Å². The van der Waals surface area contributed by atoms with Gasteiger partial charge in [-0.15, -0.1) is 0 Å². The number of nitrogens with one attached hydrogen (secondary N) is 1. The number of halogens is 1. The van der Waals surface area contributed by atoms with E-state index in [1.165, 1.54) is 0 Å². The van der Waals surface area contributed by atoms with Crippen molar-refractivity contribution < 1.29 is 9.90 Å². The molecule has 1 amide bonds. The Balaban J connectivity index is 1.37. The van der Waals surface area contributed by atoms with E-state index < -0.39 is 0 Å². The lowest BCUT2D eigenvalue weighted by atomic mass is 10.2. The lowest BCUT2D eigenvalue weighted by Crippen LogP contribution is -2.47. The van der Waals surface area contributed by atoms with Crippen LogP contribution in [0.4, 0.5) is 5.69 Å². The van der Waals surface area contributed by atoms with Crippen molar-refractivity contribution in [2.75, 3.05) is 37.6 Å². The smallest absolute Gasteiger partial charge is 0.221 e. The molecule has 1 aliphatic rings. The van der Waals surface area contributed by atoms with Crippen LogP contribution in [-0.4, -0.2) is 48.6 Å². The zero-order valence-corrected chi connectivity index (χ0v) is 15.5. The van der Waals surface area contributed by atoms with Crippen LogP contribution in [0.2, 0.25) is 5.02 Å². The first kappa shape index (κ1) is 18.5. The summed E-state index contributed by atoms with van der Waals surface area (Å²) in [6.45, 7) is 4.93. The Kier molecular flexibility index (Phi) is 6.36. The number of rotatable bonds is 6. The van der Waals surface area contributed by atoms with Crippen molar-refractivity contribution in [3.8, 4) is 5.75 Å². The van der Waals surface area contributed by atoms with E-state index in [4.69, 9.17) is 11.6 Å². The Morgan fingerprint density at radius 2 is 1.73 bits per heavy atom. The number of piperazine rings is 1. The third-order valence-electron chi connectivity index (χ3n) is 4.68. The van der Waals surface area contributed by atoms with Crippen LogP contribution in [0.1, 0.15) is 12.0 Å². The second-order valence-corrected chi connectivity index (χ2v) is 6.87. The number of phenolic OH excluding ortho intramolecular Hbond substituents is 1. The average Bonchev–Trinajstić information content (AvgIpc) is 2.67. The highest BCUT2D eigenvalue weighted by atomic mass is 35.5. The van der Waals surface area contributed by atoms with Crippen molar-refractivity contribution in [1.82, 2.24) is 10.2 Å². The molecule has 0 aliphatic carbocycles. The summed E-state index contributed by atoms with van der Waals surface area (Å²) in [7, 11) is 0. The maximum absolute atomic E-state index is 12.1. The Morgan fingerprint density at radius 1 is 1.04 bits per heavy atom. The van der Waals surface area contributed by atoms with E-state index in [1.807, 2.05) is 36.4 Å². The van der Waals surface area contributed by atoms with E-state index in [0.717, 1.165) is 44.0 Å². The third kappa shape index (κ3) is 5.13. The molecule has 0 unspecified atom stereocenters. The highest BCUT2D eigenvalue weighted by Gasteiger charge is 2.17. The number of nitrogens with zero attached hydrogens (tertiary/aromatic N) is 2. The van der Waals surface area contributed by atoms with Gasteiger partial charge >= 0.3 is 0 Å². The Morgan fingerprint density at radius 3 is 2.42 bits per heavy atom. The molecule has 0 saturated carbocycles. The molecule has 1 aliphatic heterocycles. The predicted octanol–water partition coefficient (Wildman–Crippen LogP) is 2.87. The van der Waals surface area contributed by atoms with Gasteiger partial charge in [0.05, 0.1) is 0 Å². The lowest BCUT2D eigenvalue weighted by Gasteiger charge is -2.36. The van der Waals surface area contributed by atoms with Crippen molar-refractivity contribution >= 4 is 23.2 Å². The minimum absolute atomic E-state index is 0.0471. The van der Waals surface area contributed by atoms with E-state index in [2.05, 4.69) is 15.1 Å². The number of hydrogen-bond acceptors (Lipinski definition) is 4. The molecular weight excluding hydrogens is 350 g/mol. The van der Waals surface area contributed by atoms with Gasteiger partial charge in [-0.1, -0.05) is 29.8 Å².